The lowest BCUT2D eigenvalue weighted by molar-refractivity contribution is -0.145. The molecular weight excluding hydrogens is 284 g/mol. The molecule has 1 fully saturated rings. The largest absolute Gasteiger partial charge is 0.481 e. The van der Waals surface area contributed by atoms with Crippen LogP contribution in [0.3, 0.4) is 0 Å². The molecule has 0 heterocycles. The summed E-state index contributed by atoms with van der Waals surface area (Å²) in [5.74, 6) is -3.38. The quantitative estimate of drug-likeness (QED) is 0.522. The van der Waals surface area contributed by atoms with E-state index in [4.69, 9.17) is 14.9 Å². The lowest BCUT2D eigenvalue weighted by atomic mass is 10.2. The molecule has 21 heavy (non-hydrogen) atoms. The van der Waals surface area contributed by atoms with Crippen molar-refractivity contribution in [1.29, 1.82) is 0 Å². The second-order valence-corrected chi connectivity index (χ2v) is 4.60. The number of nitrogens with zero attached hydrogens (tertiary/aromatic N) is 1. The number of rotatable bonds is 8. The van der Waals surface area contributed by atoms with Crippen molar-refractivity contribution in [3.05, 3.63) is 0 Å². The minimum Gasteiger partial charge on any atom is -0.481 e. The van der Waals surface area contributed by atoms with Crippen LogP contribution in [-0.4, -0.2) is 64.3 Å². The van der Waals surface area contributed by atoms with Crippen LogP contribution < -0.4 is 5.32 Å². The van der Waals surface area contributed by atoms with Crippen molar-refractivity contribution >= 4 is 23.9 Å². The molecule has 9 heteroatoms. The summed E-state index contributed by atoms with van der Waals surface area (Å²) in [6.07, 6.45) is 0.686. The van der Waals surface area contributed by atoms with Gasteiger partial charge in [0.15, 0.2) is 0 Å². The van der Waals surface area contributed by atoms with E-state index in [-0.39, 0.29) is 19.2 Å². The summed E-state index contributed by atoms with van der Waals surface area (Å²) in [7, 11) is 0. The summed E-state index contributed by atoms with van der Waals surface area (Å²) in [4.78, 5) is 46.1. The number of hydrogen-bond acceptors (Lipinski definition) is 5. The number of ether oxygens (including phenoxy) is 1. The second-order valence-electron chi connectivity index (χ2n) is 4.60. The maximum absolute atomic E-state index is 12.0. The van der Waals surface area contributed by atoms with E-state index in [0.29, 0.717) is 12.8 Å². The number of amides is 2. The van der Waals surface area contributed by atoms with Gasteiger partial charge in [0, 0.05) is 6.04 Å². The molecular formula is C12H18N2O7. The third kappa shape index (κ3) is 5.67. The molecule has 0 radical (unpaired) electrons. The molecule has 1 rings (SSSR count). The van der Waals surface area contributed by atoms with Gasteiger partial charge in [-0.05, 0) is 19.8 Å². The van der Waals surface area contributed by atoms with Gasteiger partial charge in [0.25, 0.3) is 0 Å². The Balaban J connectivity index is 2.65. The fourth-order valence-electron chi connectivity index (χ4n) is 1.71. The molecule has 3 N–H and O–H groups in total. The van der Waals surface area contributed by atoms with E-state index in [9.17, 15) is 19.2 Å². The Kier molecular flexibility index (Phi) is 5.94. The lowest BCUT2D eigenvalue weighted by Gasteiger charge is -2.23. The van der Waals surface area contributed by atoms with Crippen LogP contribution in [0.1, 0.15) is 26.2 Å². The molecule has 0 unspecified atom stereocenters. The van der Waals surface area contributed by atoms with Gasteiger partial charge in [0.2, 0.25) is 0 Å². The van der Waals surface area contributed by atoms with Crippen molar-refractivity contribution < 1.29 is 34.1 Å². The first-order chi connectivity index (χ1) is 9.85. The predicted molar refractivity (Wildman–Crippen MR) is 68.6 cm³/mol. The third-order valence-corrected chi connectivity index (χ3v) is 2.83. The zero-order valence-corrected chi connectivity index (χ0v) is 11.6. The predicted octanol–water partition coefficient (Wildman–Crippen LogP) is -0.349. The lowest BCUT2D eigenvalue weighted by Crippen LogP contribution is -2.51. The molecule has 1 aliphatic carbocycles. The monoisotopic (exact) mass is 302 g/mol. The summed E-state index contributed by atoms with van der Waals surface area (Å²) in [6, 6.07) is -2.47. The Labute approximate surface area is 120 Å². The van der Waals surface area contributed by atoms with Gasteiger partial charge in [0.05, 0.1) is 13.0 Å². The molecule has 0 aliphatic heterocycles. The fourth-order valence-corrected chi connectivity index (χ4v) is 1.71. The minimum absolute atomic E-state index is 0.145. The smallest absolute Gasteiger partial charge is 0.326 e. The van der Waals surface area contributed by atoms with Gasteiger partial charge in [-0.15, -0.1) is 0 Å². The highest BCUT2D eigenvalue weighted by molar-refractivity contribution is 5.87. The normalized spacial score (nSPS) is 14.9. The summed E-state index contributed by atoms with van der Waals surface area (Å²) < 4.78 is 4.75. The van der Waals surface area contributed by atoms with Crippen LogP contribution in [0.15, 0.2) is 0 Å². The van der Waals surface area contributed by atoms with Gasteiger partial charge in [-0.2, -0.15) is 0 Å². The summed E-state index contributed by atoms with van der Waals surface area (Å²) in [5, 5.41) is 19.6. The molecule has 0 aromatic rings. The number of carbonyl (C=O) groups excluding carboxylic acids is 2. The number of carboxylic acid groups (broad SMARTS) is 2. The molecule has 1 aliphatic rings. The number of carbonyl (C=O) groups is 4. The molecule has 0 aromatic heterocycles. The average Bonchev–Trinajstić information content (AvgIpc) is 3.18. The zero-order chi connectivity index (χ0) is 16.0. The first kappa shape index (κ1) is 16.7. The van der Waals surface area contributed by atoms with Gasteiger partial charge >= 0.3 is 23.9 Å². The van der Waals surface area contributed by atoms with Crippen LogP contribution in [0.4, 0.5) is 4.79 Å². The first-order valence-corrected chi connectivity index (χ1v) is 6.52. The van der Waals surface area contributed by atoms with Gasteiger partial charge in [-0.25, -0.2) is 9.59 Å². The number of esters is 1. The molecule has 1 saturated carbocycles. The highest BCUT2D eigenvalue weighted by Crippen LogP contribution is 2.26. The van der Waals surface area contributed by atoms with Gasteiger partial charge in [-0.1, -0.05) is 0 Å². The van der Waals surface area contributed by atoms with Crippen molar-refractivity contribution in [3.8, 4) is 0 Å². The second kappa shape index (κ2) is 7.46. The molecule has 2 amide bonds. The van der Waals surface area contributed by atoms with Crippen molar-refractivity contribution in [2.45, 2.75) is 38.3 Å². The topological polar surface area (TPSA) is 133 Å². The van der Waals surface area contributed by atoms with Crippen LogP contribution >= 0.6 is 0 Å². The minimum atomic E-state index is -1.54. The van der Waals surface area contributed by atoms with E-state index >= 15 is 0 Å². The van der Waals surface area contributed by atoms with Crippen LogP contribution in [0.25, 0.3) is 0 Å². The van der Waals surface area contributed by atoms with Crippen LogP contribution in [-0.2, 0) is 19.1 Å². The van der Waals surface area contributed by atoms with Crippen molar-refractivity contribution in [2.24, 2.45) is 0 Å². The van der Waals surface area contributed by atoms with Crippen LogP contribution in [0, 0.1) is 0 Å². The summed E-state index contributed by atoms with van der Waals surface area (Å²) >= 11 is 0. The van der Waals surface area contributed by atoms with E-state index in [1.54, 1.807) is 6.92 Å². The van der Waals surface area contributed by atoms with E-state index in [0.717, 1.165) is 0 Å². The van der Waals surface area contributed by atoms with E-state index in [2.05, 4.69) is 5.32 Å². The number of urea groups is 1. The van der Waals surface area contributed by atoms with Crippen molar-refractivity contribution in [2.75, 3.05) is 13.2 Å². The molecule has 1 atom stereocenters. The maximum atomic E-state index is 12.0. The van der Waals surface area contributed by atoms with E-state index < -0.39 is 36.4 Å². The van der Waals surface area contributed by atoms with Crippen LogP contribution in [0.2, 0.25) is 0 Å². The molecule has 0 bridgehead atoms. The summed E-state index contributed by atoms with van der Waals surface area (Å²) in [5.41, 5.74) is 0. The van der Waals surface area contributed by atoms with Gasteiger partial charge < -0.3 is 25.2 Å². The Morgan fingerprint density at radius 3 is 2.33 bits per heavy atom. The molecule has 0 aromatic carbocycles. The fraction of sp³-hybridized carbons (Fsp3) is 0.667. The van der Waals surface area contributed by atoms with E-state index in [1.807, 2.05) is 0 Å². The molecule has 0 saturated heterocycles. The maximum Gasteiger partial charge on any atom is 0.326 e. The molecule has 9 nitrogen and oxygen atoms in total. The average molecular weight is 302 g/mol. The zero-order valence-electron chi connectivity index (χ0n) is 11.6. The highest BCUT2D eigenvalue weighted by atomic mass is 16.5. The van der Waals surface area contributed by atoms with Crippen molar-refractivity contribution in [3.63, 3.8) is 0 Å². The van der Waals surface area contributed by atoms with Crippen LogP contribution in [0.5, 0.6) is 0 Å². The number of aliphatic carboxylic acids is 2. The Bertz CT molecular complexity index is 433. The Morgan fingerprint density at radius 1 is 1.29 bits per heavy atom. The number of carboxylic acids is 2. The summed E-state index contributed by atoms with van der Waals surface area (Å²) in [6.45, 7) is 1.52. The number of nitrogens with one attached hydrogen (secondary N) is 1. The SMILES string of the molecule is CCOC(=O)CN(C(=O)N[C@H](CC(=O)O)C(=O)O)C1CC1. The standard InChI is InChI=1S/C12H18N2O7/c1-2-21-10(17)6-14(7-3-4-7)12(20)13-8(11(18)19)5-9(15)16/h7-8H,2-6H2,1H3,(H,13,20)(H,15,16)(H,18,19)/t8-/m1/s1. The Hall–Kier alpha value is -2.32. The first-order valence-electron chi connectivity index (χ1n) is 6.52. The highest BCUT2D eigenvalue weighted by Gasteiger charge is 2.36. The Morgan fingerprint density at radius 2 is 1.90 bits per heavy atom. The van der Waals surface area contributed by atoms with E-state index in [1.165, 1.54) is 4.90 Å². The van der Waals surface area contributed by atoms with Crippen molar-refractivity contribution in [1.82, 2.24) is 10.2 Å². The third-order valence-electron chi connectivity index (χ3n) is 2.83. The number of hydrogen-bond donors (Lipinski definition) is 3. The molecule has 0 spiro atoms. The van der Waals surface area contributed by atoms with Gasteiger partial charge in [-0.3, -0.25) is 9.59 Å². The molecule has 118 valence electrons. The van der Waals surface area contributed by atoms with Gasteiger partial charge in [0.1, 0.15) is 12.6 Å².